The molecule has 2 N–H and O–H groups in total. The van der Waals surface area contributed by atoms with Crippen LogP contribution >= 0.6 is 11.9 Å². The monoisotopic (exact) mass is 394 g/mol. The third-order valence-electron chi connectivity index (χ3n) is 4.66. The lowest BCUT2D eigenvalue weighted by Crippen LogP contribution is -1.91. The van der Waals surface area contributed by atoms with E-state index in [-0.39, 0.29) is 0 Å². The molecule has 0 unspecified atom stereocenters. The van der Waals surface area contributed by atoms with E-state index in [1.54, 1.807) is 6.08 Å². The zero-order valence-electron chi connectivity index (χ0n) is 16.9. The van der Waals surface area contributed by atoms with Crippen LogP contribution in [0.1, 0.15) is 43.7 Å². The topological polar surface area (TPSA) is 63.1 Å². The average molecular weight is 395 g/mol. The van der Waals surface area contributed by atoms with Crippen LogP contribution in [0.4, 0.5) is 11.4 Å². The Hall–Kier alpha value is -2.24. The molecule has 0 aromatic heterocycles. The number of hydrogen-bond acceptors (Lipinski definition) is 5. The molecule has 148 valence electrons. The third kappa shape index (κ3) is 6.73. The van der Waals surface area contributed by atoms with Gasteiger partial charge in [0.2, 0.25) is 0 Å². The molecule has 0 saturated heterocycles. The van der Waals surface area contributed by atoms with Gasteiger partial charge in [0, 0.05) is 5.75 Å². The Kier molecular flexibility index (Phi) is 9.11. The molecule has 4 nitrogen and oxygen atoms in total. The molecule has 0 radical (unpaired) electrons. The minimum Gasteiger partial charge on any atom is -0.278 e. The second-order valence-electron chi connectivity index (χ2n) is 7.01. The third-order valence-corrected chi connectivity index (χ3v) is 5.18. The number of nitrogens with zero attached hydrogens (tertiary/aromatic N) is 3. The van der Waals surface area contributed by atoms with Crippen molar-refractivity contribution in [3.8, 4) is 0 Å². The first-order valence-electron chi connectivity index (χ1n) is 9.58. The summed E-state index contributed by atoms with van der Waals surface area (Å²) < 4.78 is 0. The molecule has 28 heavy (non-hydrogen) atoms. The van der Waals surface area contributed by atoms with Gasteiger partial charge in [0.1, 0.15) is 0 Å². The van der Waals surface area contributed by atoms with Gasteiger partial charge in [-0.1, -0.05) is 41.8 Å². The van der Waals surface area contributed by atoms with Crippen LogP contribution in [0.5, 0.6) is 0 Å². The molecule has 1 aliphatic rings. The molecule has 1 aromatic rings. The fourth-order valence-corrected chi connectivity index (χ4v) is 3.52. The summed E-state index contributed by atoms with van der Waals surface area (Å²) in [5.74, 6) is 0.966. The fourth-order valence-electron chi connectivity index (χ4n) is 3.15. The molecule has 0 atom stereocenters. The number of aryl methyl sites for hydroxylation is 2. The van der Waals surface area contributed by atoms with Gasteiger partial charge in [-0.15, -0.1) is 0 Å². The van der Waals surface area contributed by atoms with E-state index >= 15 is 0 Å². The lowest BCUT2D eigenvalue weighted by Gasteiger charge is -2.09. The molecule has 1 aromatic carbocycles. The van der Waals surface area contributed by atoms with Gasteiger partial charge >= 0.3 is 0 Å². The van der Waals surface area contributed by atoms with Gasteiger partial charge in [0.05, 0.1) is 17.1 Å². The zero-order valence-corrected chi connectivity index (χ0v) is 17.8. The predicted octanol–water partition coefficient (Wildman–Crippen LogP) is 7.08. The molecule has 0 amide bonds. The van der Waals surface area contributed by atoms with Gasteiger partial charge in [0.25, 0.3) is 0 Å². The Balaban J connectivity index is 2.21. The summed E-state index contributed by atoms with van der Waals surface area (Å²) in [6.07, 6.45) is 13.1. The van der Waals surface area contributed by atoms with Crippen LogP contribution in [0.15, 0.2) is 75.1 Å². The highest BCUT2D eigenvalue weighted by molar-refractivity contribution is 7.97. The first kappa shape index (κ1) is 22.1. The SMILES string of the molecule is C=C/C=C(\C=C1/CC=C(C)C1)N=Nc1cc(CCCCSN)c(N=C)cc1C. The highest BCUT2D eigenvalue weighted by Gasteiger charge is 2.08. The van der Waals surface area contributed by atoms with Crippen molar-refractivity contribution in [2.24, 2.45) is 20.4 Å². The van der Waals surface area contributed by atoms with E-state index in [2.05, 4.69) is 53.7 Å². The predicted molar refractivity (Wildman–Crippen MR) is 124 cm³/mol. The number of benzene rings is 1. The summed E-state index contributed by atoms with van der Waals surface area (Å²) >= 11 is 1.39. The highest BCUT2D eigenvalue weighted by atomic mass is 32.2. The van der Waals surface area contributed by atoms with E-state index in [9.17, 15) is 0 Å². The van der Waals surface area contributed by atoms with Crippen molar-refractivity contribution < 1.29 is 0 Å². The maximum atomic E-state index is 5.51. The van der Waals surface area contributed by atoms with Crippen LogP contribution in [0, 0.1) is 6.92 Å². The Morgan fingerprint density at radius 3 is 2.71 bits per heavy atom. The van der Waals surface area contributed by atoms with E-state index in [1.807, 2.05) is 19.1 Å². The largest absolute Gasteiger partial charge is 0.278 e. The Morgan fingerprint density at radius 1 is 1.25 bits per heavy atom. The van der Waals surface area contributed by atoms with E-state index in [0.29, 0.717) is 0 Å². The quantitative estimate of drug-likeness (QED) is 0.115. The second-order valence-corrected chi connectivity index (χ2v) is 7.76. The zero-order chi connectivity index (χ0) is 20.4. The fraction of sp³-hybridized carbons (Fsp3) is 0.348. The van der Waals surface area contributed by atoms with Crippen molar-refractivity contribution in [1.29, 1.82) is 0 Å². The van der Waals surface area contributed by atoms with Crippen LogP contribution < -0.4 is 5.14 Å². The molecule has 0 saturated carbocycles. The average Bonchev–Trinajstić information content (AvgIpc) is 3.09. The van der Waals surface area contributed by atoms with Gasteiger partial charge in [0.15, 0.2) is 0 Å². The summed E-state index contributed by atoms with van der Waals surface area (Å²) in [5, 5.41) is 14.5. The van der Waals surface area contributed by atoms with Crippen LogP contribution in [0.25, 0.3) is 0 Å². The molecule has 0 bridgehead atoms. The normalized spacial score (nSPS) is 16.0. The van der Waals surface area contributed by atoms with Crippen molar-refractivity contribution in [2.45, 2.75) is 46.0 Å². The maximum Gasteiger partial charge on any atom is 0.0890 e. The number of aliphatic imine (C=N–C) groups is 1. The van der Waals surface area contributed by atoms with E-state index < -0.39 is 0 Å². The summed E-state index contributed by atoms with van der Waals surface area (Å²) in [6, 6.07) is 4.12. The second kappa shape index (κ2) is 11.6. The first-order valence-corrected chi connectivity index (χ1v) is 10.6. The van der Waals surface area contributed by atoms with E-state index in [4.69, 9.17) is 5.14 Å². The van der Waals surface area contributed by atoms with Gasteiger partial charge in [-0.3, -0.25) is 10.1 Å². The summed E-state index contributed by atoms with van der Waals surface area (Å²) in [7, 11) is 0. The number of hydrogen-bond donors (Lipinski definition) is 1. The maximum absolute atomic E-state index is 5.51. The van der Waals surface area contributed by atoms with E-state index in [0.717, 1.165) is 66.1 Å². The van der Waals surface area contributed by atoms with Crippen molar-refractivity contribution in [1.82, 2.24) is 0 Å². The van der Waals surface area contributed by atoms with Gasteiger partial charge in [-0.05, 0) is 88.1 Å². The van der Waals surface area contributed by atoms with Gasteiger partial charge in [-0.25, -0.2) is 0 Å². The Morgan fingerprint density at radius 2 is 2.07 bits per heavy atom. The lowest BCUT2D eigenvalue weighted by molar-refractivity contribution is 0.803. The first-order chi connectivity index (χ1) is 13.6. The van der Waals surface area contributed by atoms with Crippen LogP contribution in [0.3, 0.4) is 0 Å². The standard InChI is InChI=1S/C23H30N4S/c1-5-8-21(15-19-11-10-17(2)13-19)26-27-22-16-20(9-6-7-12-28-24)23(25-4)14-18(22)3/h5,8,10,14-16H,1,4,6-7,9,11-13,24H2,2-3H3/b19-15+,21-8+,27-26?. The van der Waals surface area contributed by atoms with E-state index in [1.165, 1.54) is 23.1 Å². The van der Waals surface area contributed by atoms with Crippen molar-refractivity contribution in [3.63, 3.8) is 0 Å². The number of nitrogens with two attached hydrogens (primary N) is 1. The molecule has 1 aliphatic carbocycles. The van der Waals surface area contributed by atoms with Gasteiger partial charge in [-0.2, -0.15) is 10.2 Å². The minimum atomic E-state index is 0.819. The summed E-state index contributed by atoms with van der Waals surface area (Å²) in [5.41, 5.74) is 7.56. The highest BCUT2D eigenvalue weighted by Crippen LogP contribution is 2.31. The number of unbranched alkanes of at least 4 members (excludes halogenated alkanes) is 1. The van der Waals surface area contributed by atoms with Crippen molar-refractivity contribution in [3.05, 3.63) is 71.0 Å². The molecule has 0 aliphatic heterocycles. The van der Waals surface area contributed by atoms with Crippen LogP contribution in [-0.2, 0) is 6.42 Å². The lowest BCUT2D eigenvalue weighted by atomic mass is 10.0. The van der Waals surface area contributed by atoms with Crippen LogP contribution in [0.2, 0.25) is 0 Å². The smallest absolute Gasteiger partial charge is 0.0890 e. The number of rotatable bonds is 10. The Bertz CT molecular complexity index is 831. The summed E-state index contributed by atoms with van der Waals surface area (Å²) in [6.45, 7) is 11.7. The molecule has 0 spiro atoms. The molecule has 0 fully saturated rings. The Labute approximate surface area is 173 Å². The van der Waals surface area contributed by atoms with Gasteiger partial charge < -0.3 is 0 Å². The molecule has 5 heteroatoms. The summed E-state index contributed by atoms with van der Waals surface area (Å²) in [4.78, 5) is 4.18. The molecule has 2 rings (SSSR count). The minimum absolute atomic E-state index is 0.819. The van der Waals surface area contributed by atoms with Crippen molar-refractivity contribution in [2.75, 3.05) is 5.75 Å². The number of azo groups is 1. The number of allylic oxidation sites excluding steroid dienone is 6. The molecule has 0 heterocycles. The molecular weight excluding hydrogens is 364 g/mol. The van der Waals surface area contributed by atoms with Crippen LogP contribution in [-0.4, -0.2) is 12.5 Å². The molecular formula is C23H30N4S. The van der Waals surface area contributed by atoms with Crippen molar-refractivity contribution >= 4 is 30.0 Å².